The number of hydrogen-bond acceptors (Lipinski definition) is 3. The number of rotatable bonds is 3. The van der Waals surface area contributed by atoms with Crippen molar-refractivity contribution in [2.45, 2.75) is 6.42 Å². The van der Waals surface area contributed by atoms with E-state index in [2.05, 4.69) is 16.4 Å². The van der Waals surface area contributed by atoms with Gasteiger partial charge in [0, 0.05) is 17.5 Å². The van der Waals surface area contributed by atoms with E-state index in [0.717, 1.165) is 29.1 Å². The van der Waals surface area contributed by atoms with Crippen molar-refractivity contribution in [3.05, 3.63) is 60.2 Å². The summed E-state index contributed by atoms with van der Waals surface area (Å²) in [4.78, 5) is 0. The smallest absolute Gasteiger partial charge is 0.131 e. The molecular formula is C14H13FN3S. The van der Waals surface area contributed by atoms with Crippen molar-refractivity contribution in [3.63, 3.8) is 0 Å². The van der Waals surface area contributed by atoms with Gasteiger partial charge in [-0.1, -0.05) is 23.4 Å². The lowest BCUT2D eigenvalue weighted by Crippen LogP contribution is -2.05. The molecule has 0 spiro atoms. The van der Waals surface area contributed by atoms with Gasteiger partial charge >= 0.3 is 0 Å². The first-order valence-corrected chi connectivity index (χ1v) is 7.26. The molecule has 0 atom stereocenters. The molecule has 3 rings (SSSR count). The Kier molecular flexibility index (Phi) is 3.64. The van der Waals surface area contributed by atoms with Crippen LogP contribution in [-0.2, 0) is 0 Å². The number of aromatic nitrogens is 3. The van der Waals surface area contributed by atoms with Crippen LogP contribution in [0.3, 0.4) is 0 Å². The van der Waals surface area contributed by atoms with Gasteiger partial charge in [0.25, 0.3) is 0 Å². The van der Waals surface area contributed by atoms with Crippen molar-refractivity contribution in [2.24, 2.45) is 0 Å². The number of hydrogen-bond donors (Lipinski definition) is 0. The fraction of sp³-hybridized carbons (Fsp3) is 0.214. The van der Waals surface area contributed by atoms with Crippen molar-refractivity contribution in [2.75, 3.05) is 11.5 Å². The standard InChI is InChI=1S/C14H13FN3S/c15-13-3-1-2-12(10-18-7-6-16-17-18)14(13)11-4-8-19-9-5-11/h1-4,6-7,10H,5,8-9H2. The molecule has 1 aliphatic rings. The van der Waals surface area contributed by atoms with E-state index in [4.69, 9.17) is 0 Å². The second-order valence-corrected chi connectivity index (χ2v) is 5.42. The third-order valence-electron chi connectivity index (χ3n) is 3.04. The lowest BCUT2D eigenvalue weighted by molar-refractivity contribution is 0.620. The van der Waals surface area contributed by atoms with Gasteiger partial charge in [-0.25, -0.2) is 9.07 Å². The van der Waals surface area contributed by atoms with E-state index in [0.29, 0.717) is 5.56 Å². The molecule has 1 aromatic carbocycles. The topological polar surface area (TPSA) is 30.7 Å². The van der Waals surface area contributed by atoms with Gasteiger partial charge in [-0.2, -0.15) is 11.8 Å². The van der Waals surface area contributed by atoms with E-state index < -0.39 is 0 Å². The molecule has 0 amide bonds. The van der Waals surface area contributed by atoms with Crippen molar-refractivity contribution in [1.82, 2.24) is 15.0 Å². The molecule has 1 aliphatic heterocycles. The van der Waals surface area contributed by atoms with Crippen LogP contribution in [0.2, 0.25) is 0 Å². The maximum absolute atomic E-state index is 14.2. The van der Waals surface area contributed by atoms with Crippen LogP contribution in [0.4, 0.5) is 4.39 Å². The van der Waals surface area contributed by atoms with E-state index in [1.807, 2.05) is 17.8 Å². The lowest BCUT2D eigenvalue weighted by atomic mass is 9.96. The van der Waals surface area contributed by atoms with Crippen molar-refractivity contribution >= 4 is 17.3 Å². The molecule has 0 fully saturated rings. The summed E-state index contributed by atoms with van der Waals surface area (Å²) in [5.74, 6) is 1.82. The molecule has 0 saturated heterocycles. The van der Waals surface area contributed by atoms with Gasteiger partial charge in [-0.05, 0) is 29.4 Å². The van der Waals surface area contributed by atoms with Crippen molar-refractivity contribution in [1.29, 1.82) is 0 Å². The Balaban J connectivity index is 1.99. The second kappa shape index (κ2) is 5.57. The van der Waals surface area contributed by atoms with Gasteiger partial charge in [0.15, 0.2) is 0 Å². The molecule has 97 valence electrons. The summed E-state index contributed by atoms with van der Waals surface area (Å²) in [7, 11) is 0. The predicted molar refractivity (Wildman–Crippen MR) is 75.1 cm³/mol. The van der Waals surface area contributed by atoms with Crippen LogP contribution in [0.25, 0.3) is 5.57 Å². The Hall–Kier alpha value is -1.62. The Bertz CT molecular complexity index is 593. The fourth-order valence-electron chi connectivity index (χ4n) is 2.17. The van der Waals surface area contributed by atoms with Gasteiger partial charge in [-0.3, -0.25) is 0 Å². The average Bonchev–Trinajstić information content (AvgIpc) is 2.93. The summed E-state index contributed by atoms with van der Waals surface area (Å²) >= 11 is 1.87. The van der Waals surface area contributed by atoms with E-state index in [9.17, 15) is 4.39 Å². The zero-order valence-corrected chi connectivity index (χ0v) is 11.1. The SMILES string of the molecule is Fc1cccc([CH]n2ccnn2)c1C1=CCSCC1. The lowest BCUT2D eigenvalue weighted by Gasteiger charge is -2.17. The van der Waals surface area contributed by atoms with Crippen LogP contribution in [-0.4, -0.2) is 26.5 Å². The molecular weight excluding hydrogens is 261 g/mol. The Morgan fingerprint density at radius 2 is 2.32 bits per heavy atom. The van der Waals surface area contributed by atoms with Crippen LogP contribution < -0.4 is 0 Å². The first-order valence-electron chi connectivity index (χ1n) is 6.11. The van der Waals surface area contributed by atoms with Gasteiger partial charge in [0.2, 0.25) is 0 Å². The van der Waals surface area contributed by atoms with Crippen LogP contribution in [0.5, 0.6) is 0 Å². The fourth-order valence-corrected chi connectivity index (χ4v) is 3.02. The number of nitrogens with zero attached hydrogens (tertiary/aromatic N) is 3. The third-order valence-corrected chi connectivity index (χ3v) is 3.94. The number of thioether (sulfide) groups is 1. The highest BCUT2D eigenvalue weighted by Crippen LogP contribution is 2.30. The summed E-state index contributed by atoms with van der Waals surface area (Å²) in [6.07, 6.45) is 6.36. The molecule has 1 aromatic heterocycles. The minimum atomic E-state index is -0.174. The zero-order valence-electron chi connectivity index (χ0n) is 10.3. The predicted octanol–water partition coefficient (Wildman–Crippen LogP) is 3.00. The zero-order chi connectivity index (χ0) is 13.1. The molecule has 19 heavy (non-hydrogen) atoms. The summed E-state index contributed by atoms with van der Waals surface area (Å²) in [5, 5.41) is 7.65. The second-order valence-electron chi connectivity index (χ2n) is 4.27. The van der Waals surface area contributed by atoms with Crippen LogP contribution >= 0.6 is 11.8 Å². The molecule has 3 nitrogen and oxygen atoms in total. The number of allylic oxidation sites excluding steroid dienone is 1. The largest absolute Gasteiger partial charge is 0.243 e. The van der Waals surface area contributed by atoms with Gasteiger partial charge in [-0.15, -0.1) is 5.10 Å². The van der Waals surface area contributed by atoms with E-state index in [1.165, 1.54) is 6.07 Å². The van der Waals surface area contributed by atoms with Crippen LogP contribution in [0.15, 0.2) is 36.7 Å². The molecule has 2 heterocycles. The maximum atomic E-state index is 14.2. The van der Waals surface area contributed by atoms with Crippen LogP contribution in [0, 0.1) is 12.4 Å². The summed E-state index contributed by atoms with van der Waals surface area (Å²) in [6.45, 7) is 1.80. The molecule has 0 aliphatic carbocycles. The molecule has 0 saturated carbocycles. The maximum Gasteiger partial charge on any atom is 0.131 e. The first kappa shape index (κ1) is 12.4. The molecule has 1 radical (unpaired) electrons. The summed E-state index contributed by atoms with van der Waals surface area (Å²) in [6, 6.07) is 5.14. The Labute approximate surface area is 115 Å². The molecule has 5 heteroatoms. The average molecular weight is 274 g/mol. The highest BCUT2D eigenvalue weighted by molar-refractivity contribution is 7.99. The van der Waals surface area contributed by atoms with E-state index in [1.54, 1.807) is 29.7 Å². The molecule has 0 N–H and O–H groups in total. The van der Waals surface area contributed by atoms with Gasteiger partial charge in [0.05, 0.1) is 6.20 Å². The van der Waals surface area contributed by atoms with Crippen molar-refractivity contribution in [3.8, 4) is 0 Å². The minimum Gasteiger partial charge on any atom is -0.243 e. The van der Waals surface area contributed by atoms with Crippen molar-refractivity contribution < 1.29 is 4.39 Å². The quantitative estimate of drug-likeness (QED) is 0.862. The van der Waals surface area contributed by atoms with E-state index >= 15 is 0 Å². The first-order chi connectivity index (χ1) is 9.34. The summed E-state index contributed by atoms with van der Waals surface area (Å²) < 4.78 is 15.7. The minimum absolute atomic E-state index is 0.174. The Morgan fingerprint density at radius 3 is 3.05 bits per heavy atom. The van der Waals surface area contributed by atoms with Gasteiger partial charge < -0.3 is 0 Å². The molecule has 2 aromatic rings. The number of halogens is 1. The highest BCUT2D eigenvalue weighted by Gasteiger charge is 2.15. The summed E-state index contributed by atoms with van der Waals surface area (Å²) in [5.41, 5.74) is 2.62. The Morgan fingerprint density at radius 1 is 1.37 bits per heavy atom. The monoisotopic (exact) mass is 274 g/mol. The van der Waals surface area contributed by atoms with Crippen LogP contribution in [0.1, 0.15) is 17.5 Å². The normalized spacial score (nSPS) is 15.3. The van der Waals surface area contributed by atoms with Gasteiger partial charge in [0.1, 0.15) is 12.4 Å². The number of benzene rings is 1. The molecule has 0 unspecified atom stereocenters. The molecule has 0 bridgehead atoms. The van der Waals surface area contributed by atoms with E-state index in [-0.39, 0.29) is 5.82 Å². The highest BCUT2D eigenvalue weighted by atomic mass is 32.2. The third kappa shape index (κ3) is 2.71.